The molecule has 44 heavy (non-hydrogen) atoms. The standard InChI is InChI=1S/C30H33FN6O5S2/c1-21-28(44(40,41)37-17-15-34(16-18-37)24-5-3-4-6-25(24)42-2)27-29(43-21)32-20-36(30(27)39)19-26(38)35-13-11-33(12-14-35)23-9-7-22(31)8-10-23/h3-10,20H,11-19H2,1-2H3. The number of thiophene rings is 1. The van der Waals surface area contributed by atoms with Crippen LogP contribution < -0.4 is 20.1 Å². The van der Waals surface area contributed by atoms with Gasteiger partial charge in [0.05, 0.1) is 24.5 Å². The number of rotatable bonds is 7. The Labute approximate surface area is 258 Å². The van der Waals surface area contributed by atoms with Gasteiger partial charge in [0.25, 0.3) is 5.56 Å². The summed E-state index contributed by atoms with van der Waals surface area (Å²) in [7, 11) is -2.41. The van der Waals surface area contributed by atoms with Gasteiger partial charge in [-0.05, 0) is 43.3 Å². The molecule has 2 fully saturated rings. The van der Waals surface area contributed by atoms with Gasteiger partial charge in [0, 0.05) is 62.9 Å². The highest BCUT2D eigenvalue weighted by Crippen LogP contribution is 2.34. The average Bonchev–Trinajstić information content (AvgIpc) is 3.40. The molecule has 0 saturated carbocycles. The highest BCUT2D eigenvalue weighted by atomic mass is 32.2. The molecule has 0 unspecified atom stereocenters. The lowest BCUT2D eigenvalue weighted by atomic mass is 10.2. The summed E-state index contributed by atoms with van der Waals surface area (Å²) in [6.45, 7) is 4.88. The minimum Gasteiger partial charge on any atom is -0.495 e. The number of aromatic nitrogens is 2. The molecule has 0 aliphatic carbocycles. The molecule has 0 spiro atoms. The van der Waals surface area contributed by atoms with Crippen LogP contribution in [0.3, 0.4) is 0 Å². The maximum absolute atomic E-state index is 14.0. The Balaban J connectivity index is 1.18. The number of halogens is 1. The number of nitrogens with zero attached hydrogens (tertiary/aromatic N) is 6. The molecule has 0 atom stereocenters. The van der Waals surface area contributed by atoms with Crippen molar-refractivity contribution in [1.29, 1.82) is 0 Å². The number of fused-ring (bicyclic) bond motifs is 1. The largest absolute Gasteiger partial charge is 0.495 e. The second-order valence-electron chi connectivity index (χ2n) is 10.8. The molecule has 6 rings (SSSR count). The molecule has 4 aromatic rings. The van der Waals surface area contributed by atoms with E-state index in [0.717, 1.165) is 28.5 Å². The Morgan fingerprint density at radius 2 is 1.61 bits per heavy atom. The van der Waals surface area contributed by atoms with Gasteiger partial charge in [-0.25, -0.2) is 17.8 Å². The van der Waals surface area contributed by atoms with Crippen LogP contribution in [0.2, 0.25) is 0 Å². The van der Waals surface area contributed by atoms with Gasteiger partial charge in [0.15, 0.2) is 0 Å². The fourth-order valence-corrected chi connectivity index (χ4v) is 8.93. The number of hydrogen-bond acceptors (Lipinski definition) is 9. The van der Waals surface area contributed by atoms with E-state index in [1.165, 1.54) is 27.3 Å². The number of carbonyl (C=O) groups excluding carboxylic acids is 1. The summed E-state index contributed by atoms with van der Waals surface area (Å²) >= 11 is 1.16. The second kappa shape index (κ2) is 12.2. The van der Waals surface area contributed by atoms with E-state index in [2.05, 4.69) is 14.8 Å². The van der Waals surface area contributed by atoms with Crippen molar-refractivity contribution in [3.8, 4) is 5.75 Å². The number of methoxy groups -OCH3 is 1. The number of ether oxygens (including phenoxy) is 1. The van der Waals surface area contributed by atoms with Crippen molar-refractivity contribution >= 4 is 48.9 Å². The number of aryl methyl sites for hydroxylation is 1. The van der Waals surface area contributed by atoms with Crippen LogP contribution in [0.25, 0.3) is 10.2 Å². The van der Waals surface area contributed by atoms with Crippen LogP contribution in [-0.4, -0.2) is 92.5 Å². The summed E-state index contributed by atoms with van der Waals surface area (Å²) in [6.07, 6.45) is 1.32. The van der Waals surface area contributed by atoms with Crippen LogP contribution in [0.15, 0.2) is 64.5 Å². The van der Waals surface area contributed by atoms with Crippen LogP contribution in [0.5, 0.6) is 5.75 Å². The summed E-state index contributed by atoms with van der Waals surface area (Å²) in [5.41, 5.74) is 1.23. The van der Waals surface area contributed by atoms with Gasteiger partial charge >= 0.3 is 0 Å². The van der Waals surface area contributed by atoms with Crippen LogP contribution in [-0.2, 0) is 21.4 Å². The molecule has 4 heterocycles. The molecule has 0 bridgehead atoms. The lowest BCUT2D eigenvalue weighted by Crippen LogP contribution is -2.50. The van der Waals surface area contributed by atoms with Gasteiger partial charge in [0.2, 0.25) is 15.9 Å². The molecule has 2 saturated heterocycles. The third kappa shape index (κ3) is 5.64. The predicted molar refractivity (Wildman–Crippen MR) is 168 cm³/mol. The first kappa shape index (κ1) is 30.0. The Morgan fingerprint density at radius 1 is 0.955 bits per heavy atom. The molecule has 2 aromatic heterocycles. The lowest BCUT2D eigenvalue weighted by Gasteiger charge is -2.36. The summed E-state index contributed by atoms with van der Waals surface area (Å²) in [4.78, 5) is 37.9. The summed E-state index contributed by atoms with van der Waals surface area (Å²) in [5.74, 6) is 0.164. The second-order valence-corrected chi connectivity index (χ2v) is 13.8. The predicted octanol–water partition coefficient (Wildman–Crippen LogP) is 2.77. The van der Waals surface area contributed by atoms with E-state index in [1.807, 2.05) is 24.3 Å². The highest BCUT2D eigenvalue weighted by molar-refractivity contribution is 7.89. The molecule has 232 valence electrons. The first-order valence-corrected chi connectivity index (χ1v) is 16.6. The zero-order valence-corrected chi connectivity index (χ0v) is 26.1. The zero-order valence-electron chi connectivity index (χ0n) is 24.5. The summed E-state index contributed by atoms with van der Waals surface area (Å²) < 4.78 is 49.3. The Morgan fingerprint density at radius 3 is 2.30 bits per heavy atom. The highest BCUT2D eigenvalue weighted by Gasteiger charge is 2.34. The molecular weight excluding hydrogens is 607 g/mol. The maximum Gasteiger partial charge on any atom is 0.263 e. The normalized spacial score (nSPS) is 16.5. The third-order valence-electron chi connectivity index (χ3n) is 8.19. The average molecular weight is 641 g/mol. The van der Waals surface area contributed by atoms with Gasteiger partial charge in [0.1, 0.15) is 27.8 Å². The number of hydrogen-bond donors (Lipinski definition) is 0. The molecule has 1 amide bonds. The number of sulfonamides is 1. The van der Waals surface area contributed by atoms with E-state index in [-0.39, 0.29) is 41.6 Å². The van der Waals surface area contributed by atoms with Crippen molar-refractivity contribution in [2.45, 2.75) is 18.4 Å². The van der Waals surface area contributed by atoms with Crippen LogP contribution >= 0.6 is 11.3 Å². The van der Waals surface area contributed by atoms with E-state index in [0.29, 0.717) is 49.0 Å². The number of benzene rings is 2. The monoisotopic (exact) mass is 640 g/mol. The number of anilines is 2. The third-order valence-corrected chi connectivity index (χ3v) is 11.4. The minimum absolute atomic E-state index is 0.0242. The van der Waals surface area contributed by atoms with Crippen molar-refractivity contribution in [2.24, 2.45) is 0 Å². The van der Waals surface area contributed by atoms with Gasteiger partial charge < -0.3 is 19.4 Å². The number of carbonyl (C=O) groups is 1. The molecule has 2 aromatic carbocycles. The molecule has 14 heteroatoms. The van der Waals surface area contributed by atoms with Crippen LogP contribution in [0.4, 0.5) is 15.8 Å². The van der Waals surface area contributed by atoms with Crippen molar-refractivity contribution in [3.63, 3.8) is 0 Å². The van der Waals surface area contributed by atoms with E-state index >= 15 is 0 Å². The van der Waals surface area contributed by atoms with E-state index in [1.54, 1.807) is 31.1 Å². The molecule has 2 aliphatic heterocycles. The molecule has 0 N–H and O–H groups in total. The van der Waals surface area contributed by atoms with Gasteiger partial charge in [-0.1, -0.05) is 12.1 Å². The van der Waals surface area contributed by atoms with Crippen LogP contribution in [0.1, 0.15) is 4.88 Å². The Kier molecular flexibility index (Phi) is 8.31. The first-order chi connectivity index (χ1) is 21.2. The summed E-state index contributed by atoms with van der Waals surface area (Å²) in [5, 5.41) is 0.0242. The maximum atomic E-state index is 14.0. The number of amides is 1. The molecule has 11 nitrogen and oxygen atoms in total. The van der Waals surface area contributed by atoms with Crippen molar-refractivity contribution in [1.82, 2.24) is 18.8 Å². The number of piperazine rings is 2. The quantitative estimate of drug-likeness (QED) is 0.304. The fourth-order valence-electron chi connectivity index (χ4n) is 5.84. The Bertz CT molecular complexity index is 1840. The molecule has 0 radical (unpaired) electrons. The van der Waals surface area contributed by atoms with Crippen LogP contribution in [0, 0.1) is 12.7 Å². The zero-order chi connectivity index (χ0) is 31.0. The van der Waals surface area contributed by atoms with Crippen molar-refractivity contribution in [2.75, 3.05) is 69.3 Å². The van der Waals surface area contributed by atoms with Crippen molar-refractivity contribution in [3.05, 3.63) is 75.9 Å². The number of para-hydroxylation sites is 2. The first-order valence-electron chi connectivity index (χ1n) is 14.3. The van der Waals surface area contributed by atoms with E-state index < -0.39 is 15.6 Å². The topological polar surface area (TPSA) is 108 Å². The lowest BCUT2D eigenvalue weighted by molar-refractivity contribution is -0.132. The minimum atomic E-state index is -4.01. The Hall–Kier alpha value is -4.01. The molecular formula is C30H33FN6O5S2. The van der Waals surface area contributed by atoms with E-state index in [4.69, 9.17) is 4.74 Å². The van der Waals surface area contributed by atoms with E-state index in [9.17, 15) is 22.4 Å². The summed E-state index contributed by atoms with van der Waals surface area (Å²) in [6, 6.07) is 13.9. The fraction of sp³-hybridized carbons (Fsp3) is 0.367. The van der Waals surface area contributed by atoms with Crippen molar-refractivity contribution < 1.29 is 22.3 Å². The van der Waals surface area contributed by atoms with Gasteiger partial charge in [-0.2, -0.15) is 4.31 Å². The smallest absolute Gasteiger partial charge is 0.263 e. The molecule has 2 aliphatic rings. The van der Waals surface area contributed by atoms with Gasteiger partial charge in [-0.3, -0.25) is 14.2 Å². The SMILES string of the molecule is COc1ccccc1N1CCN(S(=O)(=O)c2c(C)sc3ncn(CC(=O)N4CCN(c5ccc(F)cc5)CC4)c(=O)c23)CC1. The van der Waals surface area contributed by atoms with Gasteiger partial charge in [-0.15, -0.1) is 11.3 Å².